The maximum atomic E-state index is 12.2. The third kappa shape index (κ3) is 4.07. The Morgan fingerprint density at radius 2 is 1.95 bits per heavy atom. The molecule has 2 N–H and O–H groups in total. The number of sulfonamides is 1. The van der Waals surface area contributed by atoms with Crippen molar-refractivity contribution in [3.05, 3.63) is 52.4 Å². The van der Waals surface area contributed by atoms with Gasteiger partial charge in [0.2, 0.25) is 10.0 Å². The van der Waals surface area contributed by atoms with Gasteiger partial charge in [-0.25, -0.2) is 13.1 Å². The van der Waals surface area contributed by atoms with Gasteiger partial charge in [0.15, 0.2) is 0 Å². The number of hydrogen-bond acceptors (Lipinski definition) is 4. The van der Waals surface area contributed by atoms with Crippen LogP contribution in [0.25, 0.3) is 0 Å². The third-order valence-electron chi connectivity index (χ3n) is 2.99. The summed E-state index contributed by atoms with van der Waals surface area (Å²) in [5.74, 6) is 0.489. The number of aryl methyl sites for hydroxylation is 1. The summed E-state index contributed by atoms with van der Waals surface area (Å²) in [5, 5.41) is 9.61. The van der Waals surface area contributed by atoms with Crippen molar-refractivity contribution in [2.24, 2.45) is 0 Å². The summed E-state index contributed by atoms with van der Waals surface area (Å²) < 4.78 is 32.0. The minimum absolute atomic E-state index is 0.0580. The first-order chi connectivity index (χ1) is 9.92. The van der Waals surface area contributed by atoms with Gasteiger partial charge >= 0.3 is 0 Å². The van der Waals surface area contributed by atoms with E-state index in [4.69, 9.17) is 21.1 Å². The monoisotopic (exact) mass is 329 g/mol. The molecular weight excluding hydrogens is 314 g/mol. The predicted octanol–water partition coefficient (Wildman–Crippen LogP) is 2.25. The molecule has 7 heteroatoms. The second-order valence-electron chi connectivity index (χ2n) is 4.57. The van der Waals surface area contributed by atoms with E-state index in [0.717, 1.165) is 5.56 Å². The van der Waals surface area contributed by atoms with Crippen LogP contribution in [0, 0.1) is 6.92 Å². The lowest BCUT2D eigenvalue weighted by Crippen LogP contribution is -2.26. The van der Waals surface area contributed by atoms with E-state index < -0.39 is 10.0 Å². The molecule has 0 fully saturated rings. The average Bonchev–Trinajstić information content (AvgIpc) is 2.83. The fraction of sp³-hybridized carbons (Fsp3) is 0.286. The molecule has 0 aliphatic carbocycles. The molecular formula is C14H16ClNO4S. The molecule has 1 heterocycles. The predicted molar refractivity (Wildman–Crippen MR) is 79.7 cm³/mol. The molecule has 0 amide bonds. The van der Waals surface area contributed by atoms with E-state index >= 15 is 0 Å². The Morgan fingerprint density at radius 3 is 2.52 bits per heavy atom. The zero-order valence-corrected chi connectivity index (χ0v) is 13.0. The van der Waals surface area contributed by atoms with Crippen molar-refractivity contribution >= 4 is 21.6 Å². The first kappa shape index (κ1) is 16.0. The average molecular weight is 330 g/mol. The van der Waals surface area contributed by atoms with E-state index in [9.17, 15) is 8.42 Å². The summed E-state index contributed by atoms with van der Waals surface area (Å²) in [6, 6.07) is 8.56. The lowest BCUT2D eigenvalue weighted by molar-refractivity contribution is 0.244. The van der Waals surface area contributed by atoms with Gasteiger partial charge in [-0.05, 0) is 31.0 Å². The smallest absolute Gasteiger partial charge is 0.244 e. The molecule has 0 atom stereocenters. The minimum Gasteiger partial charge on any atom is -0.462 e. The van der Waals surface area contributed by atoms with Crippen molar-refractivity contribution in [2.75, 3.05) is 6.54 Å². The second kappa shape index (κ2) is 6.62. The molecule has 1 aromatic heterocycles. The van der Waals surface area contributed by atoms with Gasteiger partial charge < -0.3 is 9.52 Å². The van der Waals surface area contributed by atoms with E-state index in [1.54, 1.807) is 19.1 Å². The lowest BCUT2D eigenvalue weighted by Gasteiger charge is -2.06. The summed E-state index contributed by atoms with van der Waals surface area (Å²) in [5.41, 5.74) is 0.988. The summed E-state index contributed by atoms with van der Waals surface area (Å²) >= 11 is 5.79. The first-order valence-electron chi connectivity index (χ1n) is 6.36. The highest BCUT2D eigenvalue weighted by molar-refractivity contribution is 7.89. The van der Waals surface area contributed by atoms with Crippen molar-refractivity contribution in [3.63, 3.8) is 0 Å². The molecule has 21 heavy (non-hydrogen) atoms. The third-order valence-corrected chi connectivity index (χ3v) is 4.81. The molecule has 0 bridgehead atoms. The van der Waals surface area contributed by atoms with Crippen molar-refractivity contribution in [3.8, 4) is 0 Å². The zero-order chi connectivity index (χ0) is 15.5. The minimum atomic E-state index is -3.64. The number of aliphatic hydroxyl groups is 1. The summed E-state index contributed by atoms with van der Waals surface area (Å²) in [6.07, 6.45) is 0.556. The van der Waals surface area contributed by atoms with Gasteiger partial charge in [-0.3, -0.25) is 0 Å². The van der Waals surface area contributed by atoms with Gasteiger partial charge in [-0.1, -0.05) is 23.7 Å². The Bertz CT molecular complexity index is 707. The fourth-order valence-corrected chi connectivity index (χ4v) is 3.29. The fourth-order valence-electron chi connectivity index (χ4n) is 1.93. The number of rotatable bonds is 6. The zero-order valence-electron chi connectivity index (χ0n) is 11.5. The van der Waals surface area contributed by atoms with Crippen molar-refractivity contribution in [1.82, 2.24) is 4.72 Å². The van der Waals surface area contributed by atoms with Crippen LogP contribution in [-0.4, -0.2) is 20.1 Å². The summed E-state index contributed by atoms with van der Waals surface area (Å²) in [6.45, 7) is 1.48. The number of benzene rings is 1. The second-order valence-corrected chi connectivity index (χ2v) is 6.74. The van der Waals surface area contributed by atoms with Gasteiger partial charge in [0.25, 0.3) is 0 Å². The van der Waals surface area contributed by atoms with E-state index in [2.05, 4.69) is 4.72 Å². The standard InChI is InChI=1S/C14H16ClNO4S/c1-10-14(8-13(9-17)20-10)21(18,19)16-7-6-11-2-4-12(15)5-3-11/h2-5,8,16-17H,6-7,9H2,1H3. The number of nitrogens with one attached hydrogen (secondary N) is 1. The molecule has 1 aromatic carbocycles. The summed E-state index contributed by atoms with van der Waals surface area (Å²) in [4.78, 5) is 0.0580. The number of furan rings is 1. The topological polar surface area (TPSA) is 79.5 Å². The Morgan fingerprint density at radius 1 is 1.29 bits per heavy atom. The van der Waals surface area contributed by atoms with E-state index in [1.165, 1.54) is 6.07 Å². The molecule has 0 saturated heterocycles. The Balaban J connectivity index is 2.01. The SMILES string of the molecule is Cc1oc(CO)cc1S(=O)(=O)NCCc1ccc(Cl)cc1. The Labute approximate surface area is 128 Å². The number of hydrogen-bond donors (Lipinski definition) is 2. The van der Waals surface area contributed by atoms with E-state index in [1.807, 2.05) is 12.1 Å². The van der Waals surface area contributed by atoms with Crippen molar-refractivity contribution < 1.29 is 17.9 Å². The van der Waals surface area contributed by atoms with Crippen LogP contribution in [0.3, 0.4) is 0 Å². The van der Waals surface area contributed by atoms with E-state index in [0.29, 0.717) is 11.4 Å². The van der Waals surface area contributed by atoms with Gasteiger partial charge in [-0.15, -0.1) is 0 Å². The summed E-state index contributed by atoms with van der Waals surface area (Å²) in [7, 11) is -3.64. The molecule has 0 radical (unpaired) electrons. The molecule has 0 spiro atoms. The molecule has 2 aromatic rings. The van der Waals surface area contributed by atoms with Crippen LogP contribution < -0.4 is 4.72 Å². The van der Waals surface area contributed by atoms with E-state index in [-0.39, 0.29) is 29.6 Å². The van der Waals surface area contributed by atoms with Crippen LogP contribution in [0.1, 0.15) is 17.1 Å². The molecule has 0 aliphatic heterocycles. The Hall–Kier alpha value is -1.34. The van der Waals surface area contributed by atoms with Crippen molar-refractivity contribution in [2.45, 2.75) is 24.8 Å². The molecule has 114 valence electrons. The quantitative estimate of drug-likeness (QED) is 0.852. The van der Waals surface area contributed by atoms with Crippen LogP contribution in [-0.2, 0) is 23.1 Å². The van der Waals surface area contributed by atoms with Gasteiger partial charge in [0.1, 0.15) is 23.0 Å². The van der Waals surface area contributed by atoms with Gasteiger partial charge in [0, 0.05) is 17.6 Å². The molecule has 5 nitrogen and oxygen atoms in total. The van der Waals surface area contributed by atoms with Crippen LogP contribution in [0.2, 0.25) is 5.02 Å². The highest BCUT2D eigenvalue weighted by Gasteiger charge is 2.20. The first-order valence-corrected chi connectivity index (χ1v) is 8.23. The Kier molecular flexibility index (Phi) is 5.05. The van der Waals surface area contributed by atoms with Crippen LogP contribution in [0.4, 0.5) is 0 Å². The van der Waals surface area contributed by atoms with Crippen LogP contribution in [0.15, 0.2) is 39.6 Å². The molecule has 2 rings (SSSR count). The lowest BCUT2D eigenvalue weighted by atomic mass is 10.2. The van der Waals surface area contributed by atoms with Gasteiger partial charge in [-0.2, -0.15) is 0 Å². The normalized spacial score (nSPS) is 11.8. The highest BCUT2D eigenvalue weighted by Crippen LogP contribution is 2.19. The highest BCUT2D eigenvalue weighted by atomic mass is 35.5. The maximum absolute atomic E-state index is 12.2. The number of halogens is 1. The maximum Gasteiger partial charge on any atom is 0.244 e. The van der Waals surface area contributed by atoms with Crippen LogP contribution >= 0.6 is 11.6 Å². The molecule has 0 aliphatic rings. The largest absolute Gasteiger partial charge is 0.462 e. The van der Waals surface area contributed by atoms with Gasteiger partial charge in [0.05, 0.1) is 0 Å². The van der Waals surface area contributed by atoms with Crippen molar-refractivity contribution in [1.29, 1.82) is 0 Å². The molecule has 0 saturated carbocycles. The number of aliphatic hydroxyl groups excluding tert-OH is 1. The molecule has 0 unspecified atom stereocenters. The van der Waals surface area contributed by atoms with Crippen LogP contribution in [0.5, 0.6) is 0 Å².